The molecule has 146 valence electrons. The van der Waals surface area contributed by atoms with Crippen molar-refractivity contribution < 1.29 is 17.9 Å². The van der Waals surface area contributed by atoms with Crippen LogP contribution < -0.4 is 10.1 Å². The van der Waals surface area contributed by atoms with Gasteiger partial charge < -0.3 is 10.1 Å². The van der Waals surface area contributed by atoms with Gasteiger partial charge in [0.2, 0.25) is 5.88 Å². The topological polar surface area (TPSA) is 101 Å². The molecule has 1 N–H and O–H groups in total. The molecule has 9 heteroatoms. The molecule has 0 unspecified atom stereocenters. The molecular formula is C19H20N4O4S. The van der Waals surface area contributed by atoms with Gasteiger partial charge in [0.25, 0.3) is 10.0 Å². The minimum absolute atomic E-state index is 0.0436. The molecular weight excluding hydrogens is 380 g/mol. The van der Waals surface area contributed by atoms with E-state index in [1.807, 2.05) is 12.1 Å². The van der Waals surface area contributed by atoms with Crippen LogP contribution in [0.5, 0.6) is 5.88 Å². The van der Waals surface area contributed by atoms with Gasteiger partial charge in [-0.25, -0.2) is 23.2 Å². The van der Waals surface area contributed by atoms with Crippen LogP contribution in [0.15, 0.2) is 53.7 Å². The van der Waals surface area contributed by atoms with Crippen molar-refractivity contribution >= 4 is 21.7 Å². The highest BCUT2D eigenvalue weighted by Gasteiger charge is 2.28. The SMILES string of the molecule is O=C(NC1CC1)Oc1cccc(C2=CCN(S(=O)(=O)c3ccccn3)CC2)n1. The smallest absolute Gasteiger partial charge is 0.391 e. The second-order valence-electron chi connectivity index (χ2n) is 6.68. The van der Waals surface area contributed by atoms with Gasteiger partial charge in [-0.05, 0) is 43.0 Å². The Kier molecular flexibility index (Phi) is 5.10. The maximum atomic E-state index is 12.7. The van der Waals surface area contributed by atoms with Gasteiger partial charge >= 0.3 is 6.09 Å². The number of nitrogens with one attached hydrogen (secondary N) is 1. The summed E-state index contributed by atoms with van der Waals surface area (Å²) in [6.45, 7) is 0.572. The highest BCUT2D eigenvalue weighted by molar-refractivity contribution is 7.89. The maximum absolute atomic E-state index is 12.7. The Morgan fingerprint density at radius 2 is 2.04 bits per heavy atom. The summed E-state index contributed by atoms with van der Waals surface area (Å²) >= 11 is 0. The summed E-state index contributed by atoms with van der Waals surface area (Å²) < 4.78 is 31.9. The normalized spacial score (nSPS) is 17.6. The van der Waals surface area contributed by atoms with Crippen molar-refractivity contribution in [1.29, 1.82) is 0 Å². The second kappa shape index (κ2) is 7.69. The van der Waals surface area contributed by atoms with Crippen LogP contribution in [-0.2, 0) is 10.0 Å². The van der Waals surface area contributed by atoms with Crippen molar-refractivity contribution in [2.75, 3.05) is 13.1 Å². The number of hydrogen-bond acceptors (Lipinski definition) is 6. The molecule has 28 heavy (non-hydrogen) atoms. The van der Waals surface area contributed by atoms with Crippen molar-refractivity contribution in [2.45, 2.75) is 30.3 Å². The molecule has 1 amide bonds. The second-order valence-corrected chi connectivity index (χ2v) is 8.56. The average Bonchev–Trinajstić information content (AvgIpc) is 3.53. The van der Waals surface area contributed by atoms with Gasteiger partial charge in [-0.1, -0.05) is 18.2 Å². The molecule has 1 saturated carbocycles. The van der Waals surface area contributed by atoms with Crippen molar-refractivity contribution in [3.8, 4) is 5.88 Å². The summed E-state index contributed by atoms with van der Waals surface area (Å²) in [5, 5.41) is 2.79. The Hall–Kier alpha value is -2.78. The van der Waals surface area contributed by atoms with Gasteiger partial charge in [-0.15, -0.1) is 0 Å². The van der Waals surface area contributed by atoms with E-state index in [-0.39, 0.29) is 23.5 Å². The van der Waals surface area contributed by atoms with Crippen LogP contribution in [0.4, 0.5) is 4.79 Å². The monoisotopic (exact) mass is 400 g/mol. The lowest BCUT2D eigenvalue weighted by Gasteiger charge is -2.25. The van der Waals surface area contributed by atoms with Crippen LogP contribution in [0, 0.1) is 0 Å². The summed E-state index contributed by atoms with van der Waals surface area (Å²) in [5.41, 5.74) is 1.59. The van der Waals surface area contributed by atoms with E-state index in [2.05, 4.69) is 15.3 Å². The quantitative estimate of drug-likeness (QED) is 0.826. The van der Waals surface area contributed by atoms with E-state index in [9.17, 15) is 13.2 Å². The van der Waals surface area contributed by atoms with Crippen LogP contribution in [0.1, 0.15) is 25.0 Å². The number of aromatic nitrogens is 2. The fraction of sp³-hybridized carbons (Fsp3) is 0.316. The third-order valence-electron chi connectivity index (χ3n) is 4.56. The fourth-order valence-electron chi connectivity index (χ4n) is 2.90. The minimum atomic E-state index is -3.62. The molecule has 1 fully saturated rings. The summed E-state index contributed by atoms with van der Waals surface area (Å²) in [7, 11) is -3.62. The lowest BCUT2D eigenvalue weighted by molar-refractivity contribution is 0.198. The van der Waals surface area contributed by atoms with Gasteiger partial charge in [0, 0.05) is 31.4 Å². The summed E-state index contributed by atoms with van der Waals surface area (Å²) in [5.74, 6) is 0.222. The van der Waals surface area contributed by atoms with E-state index in [4.69, 9.17) is 4.74 Å². The molecule has 1 aliphatic heterocycles. The molecule has 0 radical (unpaired) electrons. The number of pyridine rings is 2. The number of carbonyl (C=O) groups excluding carboxylic acids is 1. The van der Waals surface area contributed by atoms with E-state index in [0.29, 0.717) is 18.7 Å². The first kappa shape index (κ1) is 18.6. The molecule has 0 spiro atoms. The van der Waals surface area contributed by atoms with Crippen molar-refractivity contribution in [2.24, 2.45) is 0 Å². The number of carbonyl (C=O) groups is 1. The van der Waals surface area contributed by atoms with E-state index in [1.54, 1.807) is 24.3 Å². The highest BCUT2D eigenvalue weighted by atomic mass is 32.2. The molecule has 0 aromatic carbocycles. The predicted octanol–water partition coefficient (Wildman–Crippen LogP) is 2.21. The number of hydrogen-bond donors (Lipinski definition) is 1. The van der Waals surface area contributed by atoms with Crippen LogP contribution >= 0.6 is 0 Å². The van der Waals surface area contributed by atoms with Gasteiger partial charge in [-0.3, -0.25) is 0 Å². The number of ether oxygens (including phenoxy) is 1. The van der Waals surface area contributed by atoms with Crippen molar-refractivity contribution in [1.82, 2.24) is 19.6 Å². The van der Waals surface area contributed by atoms with E-state index in [0.717, 1.165) is 18.4 Å². The standard InChI is InChI=1S/C19H20N4O4S/c24-19(21-15-7-8-15)27-17-5-3-4-16(22-17)14-9-12-23(13-10-14)28(25,26)18-6-1-2-11-20-18/h1-6,9,11,15H,7-8,10,12-13H2,(H,21,24). The Bertz CT molecular complexity index is 1000. The number of sulfonamides is 1. The zero-order valence-electron chi connectivity index (χ0n) is 15.1. The van der Waals surface area contributed by atoms with Gasteiger partial charge in [0.05, 0.1) is 5.69 Å². The molecule has 1 aliphatic carbocycles. The summed E-state index contributed by atoms with van der Waals surface area (Å²) in [4.78, 5) is 20.1. The molecule has 8 nitrogen and oxygen atoms in total. The van der Waals surface area contributed by atoms with E-state index < -0.39 is 16.1 Å². The zero-order valence-corrected chi connectivity index (χ0v) is 15.9. The van der Waals surface area contributed by atoms with Crippen LogP contribution in [-0.4, -0.2) is 47.9 Å². The predicted molar refractivity (Wildman–Crippen MR) is 102 cm³/mol. The Balaban J connectivity index is 1.45. The summed E-state index contributed by atoms with van der Waals surface area (Å²) in [6.07, 6.45) is 5.27. The number of rotatable bonds is 5. The third kappa shape index (κ3) is 4.20. The van der Waals surface area contributed by atoms with Gasteiger partial charge in [-0.2, -0.15) is 4.31 Å². The van der Waals surface area contributed by atoms with E-state index in [1.165, 1.54) is 16.6 Å². The summed E-state index contributed by atoms with van der Waals surface area (Å²) in [6, 6.07) is 10.2. The largest absolute Gasteiger partial charge is 0.414 e. The molecule has 4 rings (SSSR count). The van der Waals surface area contributed by atoms with Crippen LogP contribution in [0.25, 0.3) is 5.57 Å². The van der Waals surface area contributed by atoms with Crippen molar-refractivity contribution in [3.63, 3.8) is 0 Å². The number of nitrogens with zero attached hydrogens (tertiary/aromatic N) is 3. The highest BCUT2D eigenvalue weighted by Crippen LogP contribution is 2.25. The molecule has 2 aliphatic rings. The average molecular weight is 400 g/mol. The molecule has 0 saturated heterocycles. The molecule has 0 bridgehead atoms. The third-order valence-corrected chi connectivity index (χ3v) is 6.34. The van der Waals surface area contributed by atoms with Crippen LogP contribution in [0.3, 0.4) is 0 Å². The lowest BCUT2D eigenvalue weighted by atomic mass is 10.1. The van der Waals surface area contributed by atoms with Gasteiger partial charge in [0.15, 0.2) is 5.03 Å². The Labute approximate surface area is 163 Å². The maximum Gasteiger partial charge on any atom is 0.414 e. The minimum Gasteiger partial charge on any atom is -0.391 e. The fourth-order valence-corrected chi connectivity index (χ4v) is 4.21. The van der Waals surface area contributed by atoms with Crippen molar-refractivity contribution in [3.05, 3.63) is 54.4 Å². The zero-order chi connectivity index (χ0) is 19.6. The number of amides is 1. The first-order chi connectivity index (χ1) is 13.5. The Morgan fingerprint density at radius 1 is 1.18 bits per heavy atom. The molecule has 2 aromatic heterocycles. The van der Waals surface area contributed by atoms with Crippen LogP contribution in [0.2, 0.25) is 0 Å². The van der Waals surface area contributed by atoms with Gasteiger partial charge in [0.1, 0.15) is 0 Å². The first-order valence-electron chi connectivity index (χ1n) is 9.08. The lowest BCUT2D eigenvalue weighted by Crippen LogP contribution is -2.35. The molecule has 2 aromatic rings. The molecule has 3 heterocycles. The Morgan fingerprint density at radius 3 is 2.71 bits per heavy atom. The first-order valence-corrected chi connectivity index (χ1v) is 10.5. The molecule has 0 atom stereocenters. The van der Waals surface area contributed by atoms with E-state index >= 15 is 0 Å².